The number of piperidine rings is 1. The average molecular weight is 306 g/mol. The quantitative estimate of drug-likeness (QED) is 0.756. The van der Waals surface area contributed by atoms with Crippen molar-refractivity contribution < 1.29 is 14.3 Å². The highest BCUT2D eigenvalue weighted by molar-refractivity contribution is 5.85. The van der Waals surface area contributed by atoms with Crippen molar-refractivity contribution in [2.24, 2.45) is 5.92 Å². The van der Waals surface area contributed by atoms with Crippen molar-refractivity contribution >= 4 is 24.2 Å². The van der Waals surface area contributed by atoms with Crippen LogP contribution in [0.4, 0.5) is 0 Å². The van der Waals surface area contributed by atoms with E-state index < -0.39 is 0 Å². The maximum absolute atomic E-state index is 12.2. The van der Waals surface area contributed by atoms with Gasteiger partial charge >= 0.3 is 0 Å². The van der Waals surface area contributed by atoms with E-state index in [-0.39, 0.29) is 36.2 Å². The second-order valence-electron chi connectivity index (χ2n) is 5.19. The first-order valence-corrected chi connectivity index (χ1v) is 7.02. The second-order valence-corrected chi connectivity index (χ2v) is 5.19. The molecule has 0 aliphatic carbocycles. The highest BCUT2D eigenvalue weighted by atomic mass is 35.5. The molecule has 0 radical (unpaired) electrons. The third-order valence-electron chi connectivity index (χ3n) is 3.80. The number of ether oxygens (including phenoxy) is 1. The Morgan fingerprint density at radius 3 is 2.90 bits per heavy atom. The predicted molar refractivity (Wildman–Crippen MR) is 77.8 cm³/mol. The van der Waals surface area contributed by atoms with Crippen LogP contribution in [0.3, 0.4) is 0 Å². The zero-order chi connectivity index (χ0) is 13.7. The minimum atomic E-state index is -0.0619. The Morgan fingerprint density at radius 1 is 1.45 bits per heavy atom. The van der Waals surface area contributed by atoms with E-state index in [9.17, 15) is 9.59 Å². The molecule has 6 nitrogen and oxygen atoms in total. The van der Waals surface area contributed by atoms with Crippen molar-refractivity contribution in [3.05, 3.63) is 0 Å². The number of nitrogens with zero attached hydrogens (tertiary/aromatic N) is 1. The molecular weight excluding hydrogens is 282 g/mol. The van der Waals surface area contributed by atoms with Gasteiger partial charge in [0.15, 0.2) is 0 Å². The van der Waals surface area contributed by atoms with E-state index in [2.05, 4.69) is 10.6 Å². The van der Waals surface area contributed by atoms with Gasteiger partial charge in [-0.05, 0) is 12.8 Å². The number of hydrogen-bond donors (Lipinski definition) is 2. The van der Waals surface area contributed by atoms with E-state index >= 15 is 0 Å². The van der Waals surface area contributed by atoms with Gasteiger partial charge in [0.1, 0.15) is 0 Å². The second kappa shape index (κ2) is 8.44. The van der Waals surface area contributed by atoms with Crippen LogP contribution in [0.2, 0.25) is 0 Å². The number of rotatable bonds is 3. The molecule has 2 aliphatic rings. The summed E-state index contributed by atoms with van der Waals surface area (Å²) >= 11 is 0. The Hall–Kier alpha value is -0.850. The molecule has 7 heteroatoms. The summed E-state index contributed by atoms with van der Waals surface area (Å²) in [5.41, 5.74) is 0. The minimum Gasteiger partial charge on any atom is -0.375 e. The largest absolute Gasteiger partial charge is 0.375 e. The summed E-state index contributed by atoms with van der Waals surface area (Å²) in [4.78, 5) is 25.7. The Balaban J connectivity index is 0.00000200. The normalized spacial score (nSPS) is 26.6. The molecule has 2 aliphatic heterocycles. The van der Waals surface area contributed by atoms with Crippen LogP contribution in [-0.2, 0) is 14.3 Å². The summed E-state index contributed by atoms with van der Waals surface area (Å²) in [5, 5.41) is 5.88. The van der Waals surface area contributed by atoms with Gasteiger partial charge in [-0.3, -0.25) is 9.59 Å². The summed E-state index contributed by atoms with van der Waals surface area (Å²) < 4.78 is 5.55. The molecule has 0 spiro atoms. The van der Waals surface area contributed by atoms with Crippen LogP contribution in [0.1, 0.15) is 19.3 Å². The smallest absolute Gasteiger partial charge is 0.225 e. The molecule has 116 valence electrons. The lowest BCUT2D eigenvalue weighted by molar-refractivity contribution is -0.138. The fourth-order valence-corrected chi connectivity index (χ4v) is 2.70. The van der Waals surface area contributed by atoms with Gasteiger partial charge in [0, 0.05) is 33.2 Å². The van der Waals surface area contributed by atoms with Crippen LogP contribution in [0.25, 0.3) is 0 Å². The van der Waals surface area contributed by atoms with Gasteiger partial charge in [0.2, 0.25) is 11.8 Å². The highest BCUT2D eigenvalue weighted by Crippen LogP contribution is 2.18. The molecule has 0 saturated carbocycles. The maximum Gasteiger partial charge on any atom is 0.225 e. The Labute approximate surface area is 126 Å². The van der Waals surface area contributed by atoms with Crippen LogP contribution in [-0.4, -0.2) is 62.7 Å². The van der Waals surface area contributed by atoms with Crippen molar-refractivity contribution in [3.63, 3.8) is 0 Å². The summed E-state index contributed by atoms with van der Waals surface area (Å²) in [6.07, 6.45) is 2.15. The van der Waals surface area contributed by atoms with E-state index in [4.69, 9.17) is 4.74 Å². The molecule has 2 unspecified atom stereocenters. The number of carbonyl (C=O) groups excluding carboxylic acids is 2. The molecule has 0 aromatic rings. The lowest BCUT2D eigenvalue weighted by atomic mass is 9.96. The Kier molecular flexibility index (Phi) is 7.26. The molecule has 2 N–H and O–H groups in total. The first-order valence-electron chi connectivity index (χ1n) is 7.02. The third kappa shape index (κ3) is 4.61. The van der Waals surface area contributed by atoms with Crippen molar-refractivity contribution in [2.45, 2.75) is 25.4 Å². The molecule has 2 saturated heterocycles. The van der Waals surface area contributed by atoms with Crippen LogP contribution < -0.4 is 10.6 Å². The van der Waals surface area contributed by atoms with Gasteiger partial charge in [-0.15, -0.1) is 12.4 Å². The number of halogens is 1. The summed E-state index contributed by atoms with van der Waals surface area (Å²) in [6, 6.07) is 0. The summed E-state index contributed by atoms with van der Waals surface area (Å²) in [6.45, 7) is 3.55. The molecule has 20 heavy (non-hydrogen) atoms. The molecule has 2 atom stereocenters. The van der Waals surface area contributed by atoms with Crippen molar-refractivity contribution in [1.29, 1.82) is 0 Å². The summed E-state index contributed by atoms with van der Waals surface area (Å²) in [7, 11) is 1.64. The molecule has 2 fully saturated rings. The highest BCUT2D eigenvalue weighted by Gasteiger charge is 2.29. The number of carbonyl (C=O) groups is 2. The average Bonchev–Trinajstić information content (AvgIpc) is 2.47. The summed E-state index contributed by atoms with van der Waals surface area (Å²) in [5.74, 6) is 0.0727. The lowest BCUT2D eigenvalue weighted by Gasteiger charge is -2.33. The number of hydrogen-bond acceptors (Lipinski definition) is 4. The Morgan fingerprint density at radius 2 is 2.25 bits per heavy atom. The molecule has 2 heterocycles. The van der Waals surface area contributed by atoms with Gasteiger partial charge in [0.25, 0.3) is 0 Å². The molecule has 0 aromatic heterocycles. The molecule has 2 rings (SSSR count). The predicted octanol–water partition coefficient (Wildman–Crippen LogP) is -0.229. The van der Waals surface area contributed by atoms with Crippen molar-refractivity contribution in [2.75, 3.05) is 39.8 Å². The van der Waals surface area contributed by atoms with Crippen LogP contribution >= 0.6 is 12.4 Å². The van der Waals surface area contributed by atoms with Crippen LogP contribution in [0.5, 0.6) is 0 Å². The van der Waals surface area contributed by atoms with Gasteiger partial charge in [0.05, 0.1) is 25.0 Å². The van der Waals surface area contributed by atoms with Crippen molar-refractivity contribution in [3.8, 4) is 0 Å². The van der Waals surface area contributed by atoms with Crippen molar-refractivity contribution in [1.82, 2.24) is 15.5 Å². The first kappa shape index (κ1) is 17.2. The topological polar surface area (TPSA) is 70.7 Å². The number of likely N-dealkylation sites (tertiary alicyclic amines) is 1. The fourth-order valence-electron chi connectivity index (χ4n) is 2.70. The van der Waals surface area contributed by atoms with E-state index in [0.29, 0.717) is 19.6 Å². The van der Waals surface area contributed by atoms with E-state index in [1.807, 2.05) is 0 Å². The lowest BCUT2D eigenvalue weighted by Crippen LogP contribution is -2.47. The van der Waals surface area contributed by atoms with Gasteiger partial charge in [-0.25, -0.2) is 0 Å². The monoisotopic (exact) mass is 305 g/mol. The SMILES string of the molecule is CNC(=O)C1CCCN(C(=O)CC2CNCCO2)C1.Cl. The minimum absolute atomic E-state index is 0. The van der Waals surface area contributed by atoms with E-state index in [0.717, 1.165) is 32.5 Å². The van der Waals surface area contributed by atoms with Crippen LogP contribution in [0, 0.1) is 5.92 Å². The maximum atomic E-state index is 12.2. The van der Waals surface area contributed by atoms with Gasteiger partial charge < -0.3 is 20.3 Å². The molecule has 0 aromatic carbocycles. The first-order chi connectivity index (χ1) is 9.20. The van der Waals surface area contributed by atoms with Crippen LogP contribution in [0.15, 0.2) is 0 Å². The Bertz CT molecular complexity index is 335. The number of amides is 2. The third-order valence-corrected chi connectivity index (χ3v) is 3.80. The zero-order valence-electron chi connectivity index (χ0n) is 11.9. The molecular formula is C13H24ClN3O3. The van der Waals surface area contributed by atoms with Gasteiger partial charge in [-0.2, -0.15) is 0 Å². The van der Waals surface area contributed by atoms with Gasteiger partial charge in [-0.1, -0.05) is 0 Å². The van der Waals surface area contributed by atoms with E-state index in [1.54, 1.807) is 11.9 Å². The van der Waals surface area contributed by atoms with E-state index in [1.165, 1.54) is 0 Å². The molecule has 2 amide bonds. The standard InChI is InChI=1S/C13H23N3O3.ClH/c1-14-13(18)10-3-2-5-16(9-10)12(17)7-11-8-15-4-6-19-11;/h10-11,15H,2-9H2,1H3,(H,14,18);1H. The zero-order valence-corrected chi connectivity index (χ0v) is 12.7. The number of nitrogens with one attached hydrogen (secondary N) is 2. The number of morpholine rings is 1. The molecule has 0 bridgehead atoms. The fraction of sp³-hybridized carbons (Fsp3) is 0.846.